The molecule has 2 rings (SSSR count). The predicted octanol–water partition coefficient (Wildman–Crippen LogP) is 1.19. The van der Waals surface area contributed by atoms with Crippen molar-refractivity contribution in [3.05, 3.63) is 45.8 Å². The number of benzene rings is 1. The number of rotatable bonds is 5. The van der Waals surface area contributed by atoms with Gasteiger partial charge >= 0.3 is 0 Å². The molecule has 0 unspecified atom stereocenters. The second-order valence-electron chi connectivity index (χ2n) is 4.95. The summed E-state index contributed by atoms with van der Waals surface area (Å²) in [5, 5.41) is 9.76. The molecule has 0 fully saturated rings. The third-order valence-corrected chi connectivity index (χ3v) is 5.70. The molecule has 0 saturated carbocycles. The lowest BCUT2D eigenvalue weighted by Gasteiger charge is -2.00. The number of carbonyl (C=O) groups is 2. The van der Waals surface area contributed by atoms with Crippen molar-refractivity contribution in [2.45, 2.75) is 13.5 Å². The minimum atomic E-state index is -4.19. The van der Waals surface area contributed by atoms with Crippen LogP contribution < -0.4 is 4.80 Å². The number of hydrogen-bond donors (Lipinski definition) is 0. The Morgan fingerprint density at radius 2 is 2.12 bits per heavy atom. The number of allylic oxidation sites excluding steroid dienone is 1. The van der Waals surface area contributed by atoms with Crippen molar-refractivity contribution in [3.8, 4) is 0 Å². The summed E-state index contributed by atoms with van der Waals surface area (Å²) in [5.74, 6) is -2.01. The summed E-state index contributed by atoms with van der Waals surface area (Å²) >= 11 is 1.00. The van der Waals surface area contributed by atoms with E-state index in [-0.39, 0.29) is 17.0 Å². The van der Waals surface area contributed by atoms with Crippen LogP contribution in [0.4, 0.5) is 5.69 Å². The van der Waals surface area contributed by atoms with Crippen LogP contribution in [0.2, 0.25) is 0 Å². The van der Waals surface area contributed by atoms with E-state index in [9.17, 15) is 28.1 Å². The number of nitro groups is 1. The highest BCUT2D eigenvalue weighted by molar-refractivity contribution is 8.06. The quantitative estimate of drug-likeness (QED) is 0.433. The fourth-order valence-electron chi connectivity index (χ4n) is 1.97. The average Bonchev–Trinajstić information content (AvgIpc) is 2.83. The minimum Gasteiger partial charge on any atom is -0.312 e. The van der Waals surface area contributed by atoms with E-state index >= 15 is 0 Å². The first-order valence-corrected chi connectivity index (χ1v) is 9.32. The van der Waals surface area contributed by atoms with Gasteiger partial charge in [-0.3, -0.25) is 19.7 Å². The molecule has 0 bridgehead atoms. The fraction of sp³-hybridized carbons (Fsp3) is 0.214. The molecule has 25 heavy (non-hydrogen) atoms. The lowest BCUT2D eigenvalue weighted by Crippen LogP contribution is -2.23. The maximum absolute atomic E-state index is 11.9. The maximum atomic E-state index is 11.9. The van der Waals surface area contributed by atoms with Crippen LogP contribution in [-0.4, -0.2) is 34.7 Å². The lowest BCUT2D eigenvalue weighted by atomic mass is 10.3. The molecular weight excluding hydrogens is 370 g/mol. The molecule has 0 N–H and O–H groups in total. The van der Waals surface area contributed by atoms with Gasteiger partial charge in [0.05, 0.1) is 15.1 Å². The first-order chi connectivity index (χ1) is 11.7. The molecule has 1 amide bonds. The molecule has 0 aliphatic carbocycles. The molecule has 0 atom stereocenters. The Labute approximate surface area is 146 Å². The summed E-state index contributed by atoms with van der Waals surface area (Å²) in [5.41, 5.74) is 0.480. The van der Waals surface area contributed by atoms with Crippen LogP contribution in [0, 0.1) is 10.1 Å². The number of nitrogens with zero attached hydrogens (tertiary/aromatic N) is 3. The van der Waals surface area contributed by atoms with Gasteiger partial charge in [-0.25, -0.2) is 8.42 Å². The Hall–Kier alpha value is -2.66. The smallest absolute Gasteiger partial charge is 0.270 e. The van der Waals surface area contributed by atoms with Gasteiger partial charge < -0.3 is 4.57 Å². The maximum Gasteiger partial charge on any atom is 0.270 e. The number of aromatic nitrogens is 1. The number of sulfone groups is 1. The molecule has 1 heterocycles. The number of amides is 1. The number of thiazole rings is 1. The molecule has 0 radical (unpaired) electrons. The number of fused-ring (bicyclic) bond motifs is 1. The van der Waals surface area contributed by atoms with Crippen molar-refractivity contribution < 1.29 is 22.9 Å². The summed E-state index contributed by atoms with van der Waals surface area (Å²) in [4.78, 5) is 37.2. The highest BCUT2D eigenvalue weighted by atomic mass is 32.2. The van der Waals surface area contributed by atoms with Crippen molar-refractivity contribution in [1.29, 1.82) is 0 Å². The SMILES string of the molecule is C=CCn1c(=NC(=O)CS(=O)(=O)C(C)=O)sc2cc([N+](=O)[O-])ccc21. The van der Waals surface area contributed by atoms with Gasteiger partial charge in [-0.15, -0.1) is 6.58 Å². The average molecular weight is 383 g/mol. The van der Waals surface area contributed by atoms with Gasteiger partial charge in [-0.05, 0) is 6.07 Å². The summed E-state index contributed by atoms with van der Waals surface area (Å²) in [6.45, 7) is 4.73. The summed E-state index contributed by atoms with van der Waals surface area (Å²) < 4.78 is 25.1. The van der Waals surface area contributed by atoms with Crippen LogP contribution >= 0.6 is 11.3 Å². The largest absolute Gasteiger partial charge is 0.312 e. The van der Waals surface area contributed by atoms with Gasteiger partial charge in [-0.2, -0.15) is 4.99 Å². The minimum absolute atomic E-state index is 0.114. The standard InChI is InChI=1S/C14H13N3O6S2/c1-3-6-16-11-5-4-10(17(20)21)7-12(11)24-14(16)15-13(19)8-25(22,23)9(2)18/h3-5,7H,1,6,8H2,2H3. The van der Waals surface area contributed by atoms with Crippen molar-refractivity contribution in [1.82, 2.24) is 4.57 Å². The van der Waals surface area contributed by atoms with E-state index < -0.39 is 31.5 Å². The van der Waals surface area contributed by atoms with Crippen LogP contribution in [0.5, 0.6) is 0 Å². The van der Waals surface area contributed by atoms with E-state index in [4.69, 9.17) is 0 Å². The molecule has 9 nitrogen and oxygen atoms in total. The van der Waals surface area contributed by atoms with Crippen LogP contribution in [0.25, 0.3) is 10.2 Å². The Morgan fingerprint density at radius 1 is 1.44 bits per heavy atom. The molecule has 11 heteroatoms. The zero-order valence-electron chi connectivity index (χ0n) is 13.0. The van der Waals surface area contributed by atoms with Crippen molar-refractivity contribution >= 4 is 48.1 Å². The van der Waals surface area contributed by atoms with E-state index in [1.54, 1.807) is 10.6 Å². The molecular formula is C14H13N3O6S2. The monoisotopic (exact) mass is 383 g/mol. The summed E-state index contributed by atoms with van der Waals surface area (Å²) in [6.07, 6.45) is 1.55. The van der Waals surface area contributed by atoms with Gasteiger partial charge in [0.15, 0.2) is 4.80 Å². The molecule has 132 valence electrons. The second-order valence-corrected chi connectivity index (χ2v) is 8.05. The topological polar surface area (TPSA) is 129 Å². The first kappa shape index (κ1) is 18.7. The zero-order chi connectivity index (χ0) is 18.8. The van der Waals surface area contributed by atoms with Crippen LogP contribution in [0.1, 0.15) is 6.92 Å². The zero-order valence-corrected chi connectivity index (χ0v) is 14.7. The van der Waals surface area contributed by atoms with Crippen LogP contribution in [0.15, 0.2) is 35.8 Å². The second kappa shape index (κ2) is 7.07. The van der Waals surface area contributed by atoms with E-state index in [1.807, 2.05) is 0 Å². The third kappa shape index (κ3) is 4.06. The number of non-ortho nitro benzene ring substituents is 1. The normalized spacial score (nSPS) is 12.3. The molecule has 0 saturated heterocycles. The van der Waals surface area contributed by atoms with E-state index in [2.05, 4.69) is 11.6 Å². The van der Waals surface area contributed by atoms with E-state index in [0.29, 0.717) is 10.2 Å². The van der Waals surface area contributed by atoms with E-state index in [1.165, 1.54) is 18.2 Å². The van der Waals surface area contributed by atoms with Gasteiger partial charge in [0.2, 0.25) is 15.0 Å². The van der Waals surface area contributed by atoms with Gasteiger partial charge in [0.25, 0.3) is 11.6 Å². The molecule has 0 spiro atoms. The van der Waals surface area contributed by atoms with Gasteiger partial charge in [-0.1, -0.05) is 17.4 Å². The number of hydrogen-bond acceptors (Lipinski definition) is 7. The molecule has 0 aliphatic heterocycles. The molecule has 1 aromatic heterocycles. The lowest BCUT2D eigenvalue weighted by molar-refractivity contribution is -0.384. The Bertz CT molecular complexity index is 1060. The van der Waals surface area contributed by atoms with Crippen molar-refractivity contribution in [2.75, 3.05) is 5.75 Å². The first-order valence-electron chi connectivity index (χ1n) is 6.85. The summed E-state index contributed by atoms with van der Waals surface area (Å²) in [7, 11) is -4.19. The Morgan fingerprint density at radius 3 is 2.68 bits per heavy atom. The Kier molecular flexibility index (Phi) is 5.28. The number of nitro benzene ring substituents is 1. The van der Waals surface area contributed by atoms with E-state index in [0.717, 1.165) is 18.3 Å². The fourth-order valence-corrected chi connectivity index (χ4v) is 3.65. The molecule has 0 aliphatic rings. The molecule has 2 aromatic rings. The molecule has 1 aromatic carbocycles. The number of carbonyl (C=O) groups excluding carboxylic acids is 2. The predicted molar refractivity (Wildman–Crippen MR) is 91.7 cm³/mol. The third-order valence-electron chi connectivity index (χ3n) is 3.16. The van der Waals surface area contributed by atoms with Crippen LogP contribution in [0.3, 0.4) is 0 Å². The Balaban J connectivity index is 2.57. The van der Waals surface area contributed by atoms with Crippen LogP contribution in [-0.2, 0) is 26.0 Å². The highest BCUT2D eigenvalue weighted by Crippen LogP contribution is 2.23. The summed E-state index contributed by atoms with van der Waals surface area (Å²) in [6, 6.07) is 4.18. The van der Waals surface area contributed by atoms with Crippen molar-refractivity contribution in [3.63, 3.8) is 0 Å². The highest BCUT2D eigenvalue weighted by Gasteiger charge is 2.22. The van der Waals surface area contributed by atoms with Gasteiger partial charge in [0, 0.05) is 25.6 Å². The van der Waals surface area contributed by atoms with Gasteiger partial charge in [0.1, 0.15) is 5.75 Å². The van der Waals surface area contributed by atoms with Crippen molar-refractivity contribution in [2.24, 2.45) is 4.99 Å².